The Labute approximate surface area is 229 Å². The number of thioether (sulfide) groups is 1. The van der Waals surface area contributed by atoms with Gasteiger partial charge in [0.2, 0.25) is 11.8 Å². The molecule has 37 heavy (non-hydrogen) atoms. The molecule has 1 saturated carbocycles. The topological polar surface area (TPSA) is 49.4 Å². The van der Waals surface area contributed by atoms with Crippen molar-refractivity contribution in [3.63, 3.8) is 0 Å². The van der Waals surface area contributed by atoms with Crippen LogP contribution in [-0.4, -0.2) is 34.6 Å². The third kappa shape index (κ3) is 8.65. The molecule has 3 aromatic rings. The Kier molecular flexibility index (Phi) is 10.5. The lowest BCUT2D eigenvalue weighted by molar-refractivity contribution is -0.141. The summed E-state index contributed by atoms with van der Waals surface area (Å²) >= 11 is 7.86. The van der Waals surface area contributed by atoms with Crippen LogP contribution in [0.3, 0.4) is 0 Å². The summed E-state index contributed by atoms with van der Waals surface area (Å²) in [5.41, 5.74) is 3.25. The van der Waals surface area contributed by atoms with Gasteiger partial charge in [-0.15, -0.1) is 0 Å². The van der Waals surface area contributed by atoms with Gasteiger partial charge in [0.05, 0.1) is 0 Å². The minimum Gasteiger partial charge on any atom is -0.352 e. The summed E-state index contributed by atoms with van der Waals surface area (Å²) in [6, 6.07) is 27.4. The second kappa shape index (κ2) is 14.3. The van der Waals surface area contributed by atoms with Gasteiger partial charge in [0.15, 0.2) is 0 Å². The summed E-state index contributed by atoms with van der Waals surface area (Å²) in [6.07, 6.45) is 5.15. The molecular weight excluding hydrogens is 500 g/mol. The first-order chi connectivity index (χ1) is 18.1. The monoisotopic (exact) mass is 534 g/mol. The summed E-state index contributed by atoms with van der Waals surface area (Å²) in [5, 5.41) is 3.91. The molecule has 4 nitrogen and oxygen atoms in total. The SMILES string of the molecule is O=C(NC1CCCC1)[C@H](Cc1ccccc1)N(Cc1ccc(Cl)cc1)C(=O)CCSCc1ccccc1. The zero-order valence-corrected chi connectivity index (χ0v) is 22.7. The highest BCUT2D eigenvalue weighted by Gasteiger charge is 2.32. The van der Waals surface area contributed by atoms with Gasteiger partial charge in [-0.25, -0.2) is 0 Å². The predicted octanol–water partition coefficient (Wildman–Crippen LogP) is 6.66. The van der Waals surface area contributed by atoms with Crippen molar-refractivity contribution in [3.8, 4) is 0 Å². The predicted molar refractivity (Wildman–Crippen MR) is 154 cm³/mol. The molecule has 0 spiro atoms. The average molecular weight is 535 g/mol. The van der Waals surface area contributed by atoms with Crippen molar-refractivity contribution in [3.05, 3.63) is 107 Å². The van der Waals surface area contributed by atoms with E-state index in [0.717, 1.165) is 42.6 Å². The first-order valence-corrected chi connectivity index (χ1v) is 14.6. The van der Waals surface area contributed by atoms with Crippen LogP contribution in [0.4, 0.5) is 0 Å². The van der Waals surface area contributed by atoms with Gasteiger partial charge in [0, 0.05) is 42.0 Å². The maximum atomic E-state index is 13.7. The fraction of sp³-hybridized carbons (Fsp3) is 0.355. The Morgan fingerprint density at radius 2 is 1.49 bits per heavy atom. The largest absolute Gasteiger partial charge is 0.352 e. The van der Waals surface area contributed by atoms with Crippen LogP contribution in [-0.2, 0) is 28.3 Å². The summed E-state index contributed by atoms with van der Waals surface area (Å²) in [6.45, 7) is 0.370. The molecule has 2 amide bonds. The Balaban J connectivity index is 1.52. The molecule has 0 aromatic heterocycles. The normalized spacial score (nSPS) is 14.3. The number of halogens is 1. The Morgan fingerprint density at radius 1 is 0.865 bits per heavy atom. The van der Waals surface area contributed by atoms with E-state index < -0.39 is 6.04 Å². The van der Waals surface area contributed by atoms with E-state index in [9.17, 15) is 9.59 Å². The van der Waals surface area contributed by atoms with Gasteiger partial charge in [-0.3, -0.25) is 9.59 Å². The Morgan fingerprint density at radius 3 is 2.14 bits per heavy atom. The first kappa shape index (κ1) is 27.3. The molecule has 0 heterocycles. The summed E-state index contributed by atoms with van der Waals surface area (Å²) in [7, 11) is 0. The minimum atomic E-state index is -0.578. The number of amides is 2. The van der Waals surface area contributed by atoms with Gasteiger partial charge >= 0.3 is 0 Å². The van der Waals surface area contributed by atoms with E-state index in [0.29, 0.717) is 30.2 Å². The van der Waals surface area contributed by atoms with E-state index in [1.54, 1.807) is 16.7 Å². The molecule has 1 fully saturated rings. The number of nitrogens with zero attached hydrogens (tertiary/aromatic N) is 1. The van der Waals surface area contributed by atoms with Crippen molar-refractivity contribution >= 4 is 35.2 Å². The second-order valence-electron chi connectivity index (χ2n) is 9.63. The van der Waals surface area contributed by atoms with E-state index >= 15 is 0 Å². The molecule has 1 N–H and O–H groups in total. The van der Waals surface area contributed by atoms with Crippen LogP contribution >= 0.6 is 23.4 Å². The third-order valence-corrected chi connectivity index (χ3v) is 8.09. The van der Waals surface area contributed by atoms with Crippen LogP contribution in [0.2, 0.25) is 5.02 Å². The molecule has 194 valence electrons. The van der Waals surface area contributed by atoms with Crippen LogP contribution in [0.1, 0.15) is 48.8 Å². The smallest absolute Gasteiger partial charge is 0.243 e. The van der Waals surface area contributed by atoms with E-state index in [2.05, 4.69) is 17.4 Å². The first-order valence-electron chi connectivity index (χ1n) is 13.1. The number of hydrogen-bond acceptors (Lipinski definition) is 3. The van der Waals surface area contributed by atoms with Gasteiger partial charge in [-0.1, -0.05) is 97.2 Å². The fourth-order valence-electron chi connectivity index (χ4n) is 4.78. The van der Waals surface area contributed by atoms with Crippen molar-refractivity contribution in [1.82, 2.24) is 10.2 Å². The van der Waals surface area contributed by atoms with E-state index in [1.165, 1.54) is 5.56 Å². The number of carbonyl (C=O) groups excluding carboxylic acids is 2. The van der Waals surface area contributed by atoms with Crippen LogP contribution < -0.4 is 5.32 Å². The van der Waals surface area contributed by atoms with Crippen molar-refractivity contribution in [2.45, 2.75) is 62.9 Å². The van der Waals surface area contributed by atoms with Gasteiger partial charge < -0.3 is 10.2 Å². The number of hydrogen-bond donors (Lipinski definition) is 1. The molecule has 6 heteroatoms. The molecule has 3 aromatic carbocycles. The highest BCUT2D eigenvalue weighted by molar-refractivity contribution is 7.98. The number of carbonyl (C=O) groups is 2. The van der Waals surface area contributed by atoms with E-state index in [1.807, 2.05) is 72.8 Å². The molecule has 0 saturated heterocycles. The highest BCUT2D eigenvalue weighted by atomic mass is 35.5. The molecule has 4 rings (SSSR count). The molecular formula is C31H35ClN2O2S. The highest BCUT2D eigenvalue weighted by Crippen LogP contribution is 2.22. The van der Waals surface area contributed by atoms with Crippen molar-refractivity contribution < 1.29 is 9.59 Å². The minimum absolute atomic E-state index is 0.00184. The molecule has 1 aliphatic carbocycles. The maximum absolute atomic E-state index is 13.7. The maximum Gasteiger partial charge on any atom is 0.243 e. The molecule has 1 atom stereocenters. The molecule has 0 radical (unpaired) electrons. The van der Waals surface area contributed by atoms with Crippen molar-refractivity contribution in [2.24, 2.45) is 0 Å². The molecule has 0 bridgehead atoms. The average Bonchev–Trinajstić information content (AvgIpc) is 3.44. The number of nitrogens with one attached hydrogen (secondary N) is 1. The summed E-state index contributed by atoms with van der Waals surface area (Å²) in [5.74, 6) is 1.50. The zero-order valence-electron chi connectivity index (χ0n) is 21.2. The van der Waals surface area contributed by atoms with Crippen molar-refractivity contribution in [1.29, 1.82) is 0 Å². The van der Waals surface area contributed by atoms with Gasteiger partial charge in [-0.2, -0.15) is 11.8 Å². The lowest BCUT2D eigenvalue weighted by Crippen LogP contribution is -2.52. The standard InChI is InChI=1S/C31H35ClN2O2S/c32-27-17-15-25(16-18-27)22-34(30(35)19-20-37-23-26-11-5-2-6-12-26)29(21-24-9-3-1-4-10-24)31(36)33-28-13-7-8-14-28/h1-6,9-12,15-18,28-29H,7-8,13-14,19-23H2,(H,33,36)/t29-/m0/s1. The van der Waals surface area contributed by atoms with Gasteiger partial charge in [0.1, 0.15) is 6.04 Å². The van der Waals surface area contributed by atoms with Crippen LogP contribution in [0.5, 0.6) is 0 Å². The summed E-state index contributed by atoms with van der Waals surface area (Å²) < 4.78 is 0. The quantitative estimate of drug-likeness (QED) is 0.264. The van der Waals surface area contributed by atoms with Crippen LogP contribution in [0.15, 0.2) is 84.9 Å². The van der Waals surface area contributed by atoms with E-state index in [-0.39, 0.29) is 17.9 Å². The van der Waals surface area contributed by atoms with Gasteiger partial charge in [-0.05, 0) is 41.7 Å². The molecule has 0 aliphatic heterocycles. The fourth-order valence-corrected chi connectivity index (χ4v) is 5.79. The zero-order chi connectivity index (χ0) is 25.9. The number of benzene rings is 3. The van der Waals surface area contributed by atoms with E-state index in [4.69, 9.17) is 11.6 Å². The summed E-state index contributed by atoms with van der Waals surface area (Å²) in [4.78, 5) is 29.2. The van der Waals surface area contributed by atoms with Gasteiger partial charge in [0.25, 0.3) is 0 Å². The molecule has 0 unspecified atom stereocenters. The van der Waals surface area contributed by atoms with Crippen LogP contribution in [0.25, 0.3) is 0 Å². The van der Waals surface area contributed by atoms with Crippen LogP contribution in [0, 0.1) is 0 Å². The Hall–Kier alpha value is -2.76. The number of rotatable bonds is 12. The third-order valence-electron chi connectivity index (χ3n) is 6.81. The lowest BCUT2D eigenvalue weighted by atomic mass is 10.0. The molecule has 1 aliphatic rings. The Bertz CT molecular complexity index is 1120. The lowest BCUT2D eigenvalue weighted by Gasteiger charge is -2.32. The van der Waals surface area contributed by atoms with Crippen molar-refractivity contribution in [2.75, 3.05) is 5.75 Å². The second-order valence-corrected chi connectivity index (χ2v) is 11.2.